The SMILES string of the molecule is COc1ccc(CC(O)C2CCCC2C)cc1. The number of aliphatic hydroxyl groups is 1. The lowest BCUT2D eigenvalue weighted by molar-refractivity contribution is 0.0901. The van der Waals surface area contributed by atoms with Gasteiger partial charge in [0.05, 0.1) is 13.2 Å². The van der Waals surface area contributed by atoms with Gasteiger partial charge in [-0.2, -0.15) is 0 Å². The summed E-state index contributed by atoms with van der Waals surface area (Å²) in [4.78, 5) is 0. The maximum Gasteiger partial charge on any atom is 0.118 e. The van der Waals surface area contributed by atoms with E-state index in [1.165, 1.54) is 24.8 Å². The van der Waals surface area contributed by atoms with Crippen LogP contribution in [0.3, 0.4) is 0 Å². The van der Waals surface area contributed by atoms with Crippen LogP contribution in [-0.2, 0) is 6.42 Å². The zero-order valence-electron chi connectivity index (χ0n) is 10.7. The fraction of sp³-hybridized carbons (Fsp3) is 0.600. The van der Waals surface area contributed by atoms with Gasteiger partial charge < -0.3 is 9.84 Å². The first-order valence-electron chi connectivity index (χ1n) is 6.51. The maximum absolute atomic E-state index is 10.3. The third-order valence-corrected chi connectivity index (χ3v) is 4.03. The molecule has 17 heavy (non-hydrogen) atoms. The van der Waals surface area contributed by atoms with E-state index in [0.29, 0.717) is 11.8 Å². The summed E-state index contributed by atoms with van der Waals surface area (Å²) >= 11 is 0. The van der Waals surface area contributed by atoms with Gasteiger partial charge in [-0.3, -0.25) is 0 Å². The number of ether oxygens (including phenoxy) is 1. The van der Waals surface area contributed by atoms with Crippen LogP contribution in [-0.4, -0.2) is 18.3 Å². The monoisotopic (exact) mass is 234 g/mol. The van der Waals surface area contributed by atoms with Crippen LogP contribution >= 0.6 is 0 Å². The molecule has 0 amide bonds. The van der Waals surface area contributed by atoms with Gasteiger partial charge in [0.25, 0.3) is 0 Å². The topological polar surface area (TPSA) is 29.5 Å². The summed E-state index contributed by atoms with van der Waals surface area (Å²) < 4.78 is 5.13. The molecule has 1 aliphatic carbocycles. The molecule has 2 heteroatoms. The van der Waals surface area contributed by atoms with Crippen molar-refractivity contribution in [2.45, 2.75) is 38.7 Å². The van der Waals surface area contributed by atoms with Crippen LogP contribution in [0.1, 0.15) is 31.7 Å². The molecule has 1 aromatic rings. The van der Waals surface area contributed by atoms with Gasteiger partial charge in [-0.15, -0.1) is 0 Å². The van der Waals surface area contributed by atoms with E-state index in [4.69, 9.17) is 4.74 Å². The van der Waals surface area contributed by atoms with Crippen molar-refractivity contribution in [1.82, 2.24) is 0 Å². The van der Waals surface area contributed by atoms with Crippen molar-refractivity contribution in [3.63, 3.8) is 0 Å². The highest BCUT2D eigenvalue weighted by Gasteiger charge is 2.29. The Morgan fingerprint density at radius 2 is 2.00 bits per heavy atom. The van der Waals surface area contributed by atoms with Crippen molar-refractivity contribution >= 4 is 0 Å². The second-order valence-electron chi connectivity index (χ2n) is 5.19. The zero-order chi connectivity index (χ0) is 12.3. The molecule has 94 valence electrons. The first kappa shape index (κ1) is 12.4. The molecule has 0 aliphatic heterocycles. The standard InChI is InChI=1S/C15H22O2/c1-11-4-3-5-14(11)15(16)10-12-6-8-13(17-2)9-7-12/h6-9,11,14-16H,3-5,10H2,1-2H3. The minimum absolute atomic E-state index is 0.194. The first-order valence-corrected chi connectivity index (χ1v) is 6.51. The molecule has 3 unspecified atom stereocenters. The van der Waals surface area contributed by atoms with Crippen LogP contribution in [0, 0.1) is 11.8 Å². The number of hydrogen-bond acceptors (Lipinski definition) is 2. The van der Waals surface area contributed by atoms with Crippen molar-refractivity contribution in [3.8, 4) is 5.75 Å². The molecule has 1 aromatic carbocycles. The molecule has 0 radical (unpaired) electrons. The molecule has 2 rings (SSSR count). The van der Waals surface area contributed by atoms with Gasteiger partial charge in [0, 0.05) is 0 Å². The quantitative estimate of drug-likeness (QED) is 0.867. The number of benzene rings is 1. The van der Waals surface area contributed by atoms with Crippen LogP contribution in [0.5, 0.6) is 5.75 Å². The number of methoxy groups -OCH3 is 1. The third-order valence-electron chi connectivity index (χ3n) is 4.03. The zero-order valence-corrected chi connectivity index (χ0v) is 10.7. The van der Waals surface area contributed by atoms with Crippen molar-refractivity contribution in [2.24, 2.45) is 11.8 Å². The Balaban J connectivity index is 1.95. The van der Waals surface area contributed by atoms with Gasteiger partial charge in [-0.25, -0.2) is 0 Å². The lowest BCUT2D eigenvalue weighted by Crippen LogP contribution is -2.24. The first-order chi connectivity index (χ1) is 8.20. The molecule has 0 bridgehead atoms. The van der Waals surface area contributed by atoms with Crippen molar-refractivity contribution in [1.29, 1.82) is 0 Å². The predicted molar refractivity (Wildman–Crippen MR) is 69.2 cm³/mol. The largest absolute Gasteiger partial charge is 0.497 e. The average molecular weight is 234 g/mol. The Labute approximate surface area is 104 Å². The van der Waals surface area contributed by atoms with Crippen LogP contribution < -0.4 is 4.74 Å². The molecule has 3 atom stereocenters. The Morgan fingerprint density at radius 1 is 1.29 bits per heavy atom. The van der Waals surface area contributed by atoms with Crippen LogP contribution in [0.15, 0.2) is 24.3 Å². The Morgan fingerprint density at radius 3 is 2.53 bits per heavy atom. The summed E-state index contributed by atoms with van der Waals surface area (Å²) in [7, 11) is 1.67. The lowest BCUT2D eigenvalue weighted by Gasteiger charge is -2.22. The summed E-state index contributed by atoms with van der Waals surface area (Å²) in [6, 6.07) is 8.00. The van der Waals surface area contributed by atoms with Gasteiger partial charge in [0.2, 0.25) is 0 Å². The van der Waals surface area contributed by atoms with E-state index in [-0.39, 0.29) is 6.10 Å². The molecule has 0 spiro atoms. The third kappa shape index (κ3) is 3.01. The molecule has 2 nitrogen and oxygen atoms in total. The summed E-state index contributed by atoms with van der Waals surface area (Å²) in [5.74, 6) is 2.03. The van der Waals surface area contributed by atoms with Crippen LogP contribution in [0.2, 0.25) is 0 Å². The fourth-order valence-electron chi connectivity index (χ4n) is 2.90. The minimum atomic E-state index is -0.194. The van der Waals surface area contributed by atoms with E-state index in [1.54, 1.807) is 7.11 Å². The second kappa shape index (κ2) is 5.54. The van der Waals surface area contributed by atoms with E-state index in [0.717, 1.165) is 12.2 Å². The summed E-state index contributed by atoms with van der Waals surface area (Å²) in [5, 5.41) is 10.3. The van der Waals surface area contributed by atoms with Crippen molar-refractivity contribution < 1.29 is 9.84 Å². The average Bonchev–Trinajstić information content (AvgIpc) is 2.76. The molecule has 1 N–H and O–H groups in total. The highest BCUT2D eigenvalue weighted by molar-refractivity contribution is 5.27. The van der Waals surface area contributed by atoms with E-state index in [2.05, 4.69) is 6.92 Å². The van der Waals surface area contributed by atoms with Crippen molar-refractivity contribution in [3.05, 3.63) is 29.8 Å². The molecule has 0 heterocycles. The molecule has 1 fully saturated rings. The molecule has 0 saturated heterocycles. The lowest BCUT2D eigenvalue weighted by atomic mass is 9.88. The van der Waals surface area contributed by atoms with Gasteiger partial charge in [0.1, 0.15) is 5.75 Å². The van der Waals surface area contributed by atoms with Gasteiger partial charge in [0.15, 0.2) is 0 Å². The van der Waals surface area contributed by atoms with Gasteiger partial charge in [-0.05, 0) is 42.4 Å². The van der Waals surface area contributed by atoms with E-state index < -0.39 is 0 Å². The van der Waals surface area contributed by atoms with Gasteiger partial charge in [-0.1, -0.05) is 31.9 Å². The fourth-order valence-corrected chi connectivity index (χ4v) is 2.90. The normalized spacial score (nSPS) is 25.8. The van der Waals surface area contributed by atoms with Crippen LogP contribution in [0.25, 0.3) is 0 Å². The minimum Gasteiger partial charge on any atom is -0.497 e. The maximum atomic E-state index is 10.3. The molecule has 1 saturated carbocycles. The highest BCUT2D eigenvalue weighted by atomic mass is 16.5. The Bertz CT molecular complexity index is 344. The Hall–Kier alpha value is -1.02. The smallest absolute Gasteiger partial charge is 0.118 e. The van der Waals surface area contributed by atoms with Crippen LogP contribution in [0.4, 0.5) is 0 Å². The van der Waals surface area contributed by atoms with Crippen molar-refractivity contribution in [2.75, 3.05) is 7.11 Å². The van der Waals surface area contributed by atoms with E-state index in [9.17, 15) is 5.11 Å². The molecule has 1 aliphatic rings. The molecule has 0 aromatic heterocycles. The summed E-state index contributed by atoms with van der Waals surface area (Å²) in [5.41, 5.74) is 1.19. The molecular formula is C15H22O2. The Kier molecular flexibility index (Phi) is 4.06. The summed E-state index contributed by atoms with van der Waals surface area (Å²) in [6.45, 7) is 2.26. The number of rotatable bonds is 4. The number of hydrogen-bond donors (Lipinski definition) is 1. The molecular weight excluding hydrogens is 212 g/mol. The highest BCUT2D eigenvalue weighted by Crippen LogP contribution is 2.34. The predicted octanol–water partition coefficient (Wildman–Crippen LogP) is 3.03. The van der Waals surface area contributed by atoms with Gasteiger partial charge >= 0.3 is 0 Å². The number of aliphatic hydroxyl groups excluding tert-OH is 1. The second-order valence-corrected chi connectivity index (χ2v) is 5.19. The van der Waals surface area contributed by atoms with E-state index >= 15 is 0 Å². The van der Waals surface area contributed by atoms with E-state index in [1.807, 2.05) is 24.3 Å². The summed E-state index contributed by atoms with van der Waals surface area (Å²) in [6.07, 6.45) is 4.29.